The quantitative estimate of drug-likeness (QED) is 0.801. The molecule has 1 atom stereocenters. The molecule has 0 radical (unpaired) electrons. The highest BCUT2D eigenvalue weighted by molar-refractivity contribution is 5.80. The molecule has 6 nitrogen and oxygen atoms in total. The molecule has 0 spiro atoms. The minimum atomic E-state index is -1.09. The number of hydrogen-bond donors (Lipinski definition) is 1. The second-order valence-electron chi connectivity index (χ2n) is 8.30. The average molecular weight is 386 g/mol. The van der Waals surface area contributed by atoms with Gasteiger partial charge in [0.15, 0.2) is 6.10 Å². The number of nitrogens with zero attached hydrogens (tertiary/aromatic N) is 2. The van der Waals surface area contributed by atoms with Crippen LogP contribution in [0, 0.1) is 0 Å². The van der Waals surface area contributed by atoms with Crippen molar-refractivity contribution >= 4 is 5.97 Å². The van der Waals surface area contributed by atoms with Crippen LogP contribution in [-0.2, 0) is 29.4 Å². The Bertz CT molecular complexity index is 864. The third-order valence-electron chi connectivity index (χ3n) is 4.79. The third-order valence-corrected chi connectivity index (χ3v) is 4.79. The van der Waals surface area contributed by atoms with Crippen LogP contribution in [0.3, 0.4) is 0 Å². The van der Waals surface area contributed by atoms with Crippen LogP contribution in [0.25, 0.3) is 11.1 Å². The number of rotatable bonds is 6. The lowest BCUT2D eigenvalue weighted by molar-refractivity contribution is -0.161. The Morgan fingerprint density at radius 3 is 2.79 bits per heavy atom. The fourth-order valence-electron chi connectivity index (χ4n) is 3.71. The van der Waals surface area contributed by atoms with E-state index in [1.54, 1.807) is 11.7 Å². The molecular formula is C22H30N2O4. The SMILES string of the molecule is CCCc1nn(C)c(C(OC(C)(C)C)C(=O)O)c1-c1ccc2c(c1)CCCO2. The van der Waals surface area contributed by atoms with Crippen LogP contribution in [0.2, 0.25) is 0 Å². The monoisotopic (exact) mass is 386 g/mol. The second kappa shape index (κ2) is 7.95. The lowest BCUT2D eigenvalue weighted by Crippen LogP contribution is -2.29. The number of aliphatic carboxylic acids is 1. The van der Waals surface area contributed by atoms with Gasteiger partial charge in [-0.3, -0.25) is 4.68 Å². The fraction of sp³-hybridized carbons (Fsp3) is 0.545. The van der Waals surface area contributed by atoms with Crippen LogP contribution in [0.15, 0.2) is 18.2 Å². The minimum absolute atomic E-state index is 0.586. The van der Waals surface area contributed by atoms with Gasteiger partial charge in [0.25, 0.3) is 0 Å². The van der Waals surface area contributed by atoms with Gasteiger partial charge in [0.2, 0.25) is 0 Å². The first-order valence-corrected chi connectivity index (χ1v) is 9.93. The summed E-state index contributed by atoms with van der Waals surface area (Å²) in [6.45, 7) is 8.43. The van der Waals surface area contributed by atoms with Crippen molar-refractivity contribution < 1.29 is 19.4 Å². The summed E-state index contributed by atoms with van der Waals surface area (Å²) in [6.07, 6.45) is 2.56. The van der Waals surface area contributed by atoms with E-state index in [0.717, 1.165) is 60.4 Å². The van der Waals surface area contributed by atoms with E-state index in [-0.39, 0.29) is 0 Å². The normalized spacial score (nSPS) is 15.0. The van der Waals surface area contributed by atoms with Gasteiger partial charge in [-0.25, -0.2) is 4.79 Å². The van der Waals surface area contributed by atoms with Crippen LogP contribution in [0.5, 0.6) is 5.75 Å². The van der Waals surface area contributed by atoms with Crippen molar-refractivity contribution in [2.75, 3.05) is 6.61 Å². The lowest BCUT2D eigenvalue weighted by atomic mass is 9.94. The minimum Gasteiger partial charge on any atom is -0.493 e. The Hall–Kier alpha value is -2.34. The first kappa shape index (κ1) is 20.4. The highest BCUT2D eigenvalue weighted by Gasteiger charge is 2.34. The van der Waals surface area contributed by atoms with Gasteiger partial charge in [-0.15, -0.1) is 0 Å². The lowest BCUT2D eigenvalue weighted by Gasteiger charge is -2.26. The number of aryl methyl sites for hydroxylation is 3. The van der Waals surface area contributed by atoms with Crippen molar-refractivity contribution in [1.29, 1.82) is 0 Å². The molecule has 1 aromatic carbocycles. The summed E-state index contributed by atoms with van der Waals surface area (Å²) in [6, 6.07) is 6.10. The number of benzene rings is 1. The van der Waals surface area contributed by atoms with Crippen LogP contribution in [0.1, 0.15) is 63.6 Å². The Kier molecular flexibility index (Phi) is 5.79. The molecule has 2 aromatic rings. The van der Waals surface area contributed by atoms with E-state index in [9.17, 15) is 9.90 Å². The Morgan fingerprint density at radius 1 is 1.39 bits per heavy atom. The largest absolute Gasteiger partial charge is 0.493 e. The first-order valence-electron chi connectivity index (χ1n) is 9.93. The van der Waals surface area contributed by atoms with Gasteiger partial charge in [-0.05, 0) is 63.3 Å². The summed E-state index contributed by atoms with van der Waals surface area (Å²) in [5, 5.41) is 14.6. The zero-order valence-corrected chi connectivity index (χ0v) is 17.4. The molecule has 0 fully saturated rings. The predicted molar refractivity (Wildman–Crippen MR) is 108 cm³/mol. The maximum Gasteiger partial charge on any atom is 0.339 e. The van der Waals surface area contributed by atoms with Gasteiger partial charge in [0, 0.05) is 12.6 Å². The highest BCUT2D eigenvalue weighted by Crippen LogP contribution is 2.38. The Balaban J connectivity index is 2.17. The summed E-state index contributed by atoms with van der Waals surface area (Å²) < 4.78 is 13.4. The maximum absolute atomic E-state index is 12.1. The molecular weight excluding hydrogens is 356 g/mol. The topological polar surface area (TPSA) is 73.6 Å². The summed E-state index contributed by atoms with van der Waals surface area (Å²) in [5.41, 5.74) is 3.89. The molecule has 0 saturated carbocycles. The number of carboxylic acids is 1. The van der Waals surface area contributed by atoms with E-state index in [0.29, 0.717) is 5.69 Å². The van der Waals surface area contributed by atoms with E-state index in [1.165, 1.54) is 0 Å². The van der Waals surface area contributed by atoms with E-state index in [4.69, 9.17) is 9.47 Å². The van der Waals surface area contributed by atoms with Gasteiger partial charge in [-0.1, -0.05) is 19.4 Å². The van der Waals surface area contributed by atoms with Crippen LogP contribution in [-0.4, -0.2) is 33.1 Å². The summed E-state index contributed by atoms with van der Waals surface area (Å²) in [7, 11) is 1.79. The van der Waals surface area contributed by atoms with E-state index in [2.05, 4.69) is 18.1 Å². The Labute approximate surface area is 166 Å². The molecule has 0 aliphatic carbocycles. The molecule has 1 N–H and O–H groups in total. The summed E-state index contributed by atoms with van der Waals surface area (Å²) in [4.78, 5) is 12.1. The molecule has 3 rings (SSSR count). The van der Waals surface area contributed by atoms with Crippen molar-refractivity contribution in [3.8, 4) is 16.9 Å². The number of carboxylic acid groups (broad SMARTS) is 1. The zero-order valence-electron chi connectivity index (χ0n) is 17.4. The molecule has 0 amide bonds. The van der Waals surface area contributed by atoms with Gasteiger partial charge in [0.05, 0.1) is 23.6 Å². The highest BCUT2D eigenvalue weighted by atomic mass is 16.5. The molecule has 152 valence electrons. The van der Waals surface area contributed by atoms with Crippen LogP contribution < -0.4 is 4.74 Å². The summed E-state index contributed by atoms with van der Waals surface area (Å²) >= 11 is 0. The third kappa shape index (κ3) is 4.22. The predicted octanol–water partition coefficient (Wildman–Crippen LogP) is 4.31. The van der Waals surface area contributed by atoms with Gasteiger partial charge in [-0.2, -0.15) is 5.10 Å². The molecule has 0 saturated heterocycles. The van der Waals surface area contributed by atoms with Crippen molar-refractivity contribution in [1.82, 2.24) is 9.78 Å². The molecule has 1 aliphatic rings. The average Bonchev–Trinajstić information content (AvgIpc) is 2.94. The number of carbonyl (C=O) groups is 1. The van der Waals surface area contributed by atoms with Crippen molar-refractivity contribution in [3.63, 3.8) is 0 Å². The smallest absolute Gasteiger partial charge is 0.339 e. The number of ether oxygens (including phenoxy) is 2. The van der Waals surface area contributed by atoms with E-state index in [1.807, 2.05) is 32.9 Å². The molecule has 2 heterocycles. The van der Waals surface area contributed by atoms with Crippen LogP contribution in [0.4, 0.5) is 0 Å². The van der Waals surface area contributed by atoms with Gasteiger partial charge < -0.3 is 14.6 Å². The molecule has 28 heavy (non-hydrogen) atoms. The molecule has 6 heteroatoms. The van der Waals surface area contributed by atoms with Crippen LogP contribution >= 0.6 is 0 Å². The summed E-state index contributed by atoms with van der Waals surface area (Å²) in [5.74, 6) is -0.0956. The molecule has 0 bridgehead atoms. The first-order chi connectivity index (χ1) is 13.2. The number of hydrogen-bond acceptors (Lipinski definition) is 4. The second-order valence-corrected chi connectivity index (χ2v) is 8.30. The van der Waals surface area contributed by atoms with E-state index < -0.39 is 17.7 Å². The van der Waals surface area contributed by atoms with Crippen molar-refractivity contribution in [2.45, 2.75) is 65.1 Å². The van der Waals surface area contributed by atoms with Crippen molar-refractivity contribution in [3.05, 3.63) is 35.2 Å². The maximum atomic E-state index is 12.1. The molecule has 1 aromatic heterocycles. The number of fused-ring (bicyclic) bond motifs is 1. The standard InChI is InChI=1S/C22H30N2O4/c1-6-8-16-18(15-10-11-17-14(13-15)9-7-12-27-17)19(24(5)23-16)20(21(25)26)28-22(2,3)4/h10-11,13,20H,6-9,12H2,1-5H3,(H,25,26). The molecule has 1 unspecified atom stereocenters. The van der Waals surface area contributed by atoms with Gasteiger partial charge >= 0.3 is 5.97 Å². The fourth-order valence-corrected chi connectivity index (χ4v) is 3.71. The number of aromatic nitrogens is 2. The van der Waals surface area contributed by atoms with E-state index >= 15 is 0 Å². The van der Waals surface area contributed by atoms with Crippen molar-refractivity contribution in [2.24, 2.45) is 7.05 Å². The Morgan fingerprint density at radius 2 is 2.14 bits per heavy atom. The zero-order chi connectivity index (χ0) is 20.5. The molecule has 1 aliphatic heterocycles. The van der Waals surface area contributed by atoms with Gasteiger partial charge in [0.1, 0.15) is 5.75 Å².